The molecule has 3 aliphatic rings. The second-order valence-electron chi connectivity index (χ2n) is 8.08. The molecule has 2 fully saturated rings. The molecule has 0 unspecified atom stereocenters. The van der Waals surface area contributed by atoms with Gasteiger partial charge in [0.05, 0.1) is 6.07 Å². The molecule has 3 heteroatoms. The van der Waals surface area contributed by atoms with E-state index in [-0.39, 0.29) is 0 Å². The zero-order valence-corrected chi connectivity index (χ0v) is 16.1. The Hall–Kier alpha value is -2.83. The maximum absolute atomic E-state index is 9.42. The van der Waals surface area contributed by atoms with Crippen molar-refractivity contribution in [3.63, 3.8) is 0 Å². The zero-order valence-electron chi connectivity index (χ0n) is 16.1. The quantitative estimate of drug-likeness (QED) is 0.749. The highest BCUT2D eigenvalue weighted by atomic mass is 15.3. The van der Waals surface area contributed by atoms with E-state index >= 15 is 0 Å². The number of piperazine rings is 1. The maximum atomic E-state index is 9.42. The van der Waals surface area contributed by atoms with Crippen molar-refractivity contribution >= 4 is 17.3 Å². The Balaban J connectivity index is 1.54. The van der Waals surface area contributed by atoms with Crippen LogP contribution < -0.4 is 0 Å². The highest BCUT2D eigenvalue weighted by molar-refractivity contribution is 5.98. The van der Waals surface area contributed by atoms with Crippen LogP contribution in [-0.2, 0) is 0 Å². The molecule has 1 saturated carbocycles. The third-order valence-electron chi connectivity index (χ3n) is 6.17. The smallest absolute Gasteiger partial charge is 0.0918 e. The Morgan fingerprint density at radius 2 is 1.57 bits per heavy atom. The lowest BCUT2D eigenvalue weighted by atomic mass is 9.93. The van der Waals surface area contributed by atoms with Gasteiger partial charge in [-0.1, -0.05) is 48.5 Å². The normalized spacial score (nSPS) is 20.8. The van der Waals surface area contributed by atoms with Crippen molar-refractivity contribution in [1.29, 1.82) is 5.26 Å². The van der Waals surface area contributed by atoms with Crippen LogP contribution in [0.3, 0.4) is 0 Å². The topological polar surface area (TPSA) is 30.3 Å². The van der Waals surface area contributed by atoms with E-state index in [1.54, 1.807) is 6.08 Å². The number of hydrogen-bond donors (Lipinski definition) is 0. The first kappa shape index (κ1) is 17.3. The third-order valence-corrected chi connectivity index (χ3v) is 6.17. The van der Waals surface area contributed by atoms with E-state index in [1.807, 2.05) is 0 Å². The number of nitrogens with zero attached hydrogens (tertiary/aromatic N) is 3. The third kappa shape index (κ3) is 3.25. The minimum Gasteiger partial charge on any atom is -0.368 e. The molecular weight excluding hydrogens is 342 g/mol. The van der Waals surface area contributed by atoms with E-state index in [1.165, 1.54) is 36.2 Å². The van der Waals surface area contributed by atoms with Gasteiger partial charge in [0, 0.05) is 55.6 Å². The number of rotatable bonds is 3. The van der Waals surface area contributed by atoms with Crippen molar-refractivity contribution in [3.05, 3.63) is 76.9 Å². The Labute approximate surface area is 167 Å². The predicted octanol–water partition coefficient (Wildman–Crippen LogP) is 4.48. The first-order valence-corrected chi connectivity index (χ1v) is 10.3. The summed E-state index contributed by atoms with van der Waals surface area (Å²) in [6.45, 7) is 5.68. The van der Waals surface area contributed by atoms with E-state index < -0.39 is 0 Å². The van der Waals surface area contributed by atoms with Gasteiger partial charge < -0.3 is 4.90 Å². The minimum absolute atomic E-state index is 0.954. The van der Waals surface area contributed by atoms with E-state index in [0.29, 0.717) is 0 Å². The highest BCUT2D eigenvalue weighted by Crippen LogP contribution is 2.39. The summed E-state index contributed by atoms with van der Waals surface area (Å²) < 4.78 is 0. The van der Waals surface area contributed by atoms with Gasteiger partial charge in [-0.3, -0.25) is 4.90 Å². The summed E-state index contributed by atoms with van der Waals surface area (Å²) in [4.78, 5) is 5.17. The van der Waals surface area contributed by atoms with Crippen LogP contribution in [0, 0.1) is 17.2 Å². The Bertz CT molecular complexity index is 983. The maximum Gasteiger partial charge on any atom is 0.0918 e. The second-order valence-corrected chi connectivity index (χ2v) is 8.08. The average molecular weight is 367 g/mol. The van der Waals surface area contributed by atoms with Gasteiger partial charge in [0.25, 0.3) is 0 Å². The molecule has 5 rings (SSSR count). The number of benzene rings is 2. The van der Waals surface area contributed by atoms with Gasteiger partial charge in [0.1, 0.15) is 0 Å². The van der Waals surface area contributed by atoms with Crippen molar-refractivity contribution in [2.75, 3.05) is 32.7 Å². The molecule has 2 aromatic rings. The Morgan fingerprint density at radius 3 is 2.29 bits per heavy atom. The van der Waals surface area contributed by atoms with Crippen LogP contribution in [0.2, 0.25) is 0 Å². The summed E-state index contributed by atoms with van der Waals surface area (Å²) in [7, 11) is 0. The first-order chi connectivity index (χ1) is 13.8. The Kier molecular flexibility index (Phi) is 4.50. The van der Waals surface area contributed by atoms with Crippen molar-refractivity contribution < 1.29 is 0 Å². The lowest BCUT2D eigenvalue weighted by molar-refractivity contribution is 0.170. The summed E-state index contributed by atoms with van der Waals surface area (Å²) in [6, 6.07) is 19.2. The molecule has 3 nitrogen and oxygen atoms in total. The molecule has 0 bridgehead atoms. The molecule has 0 spiro atoms. The van der Waals surface area contributed by atoms with Gasteiger partial charge in [-0.15, -0.1) is 0 Å². The largest absolute Gasteiger partial charge is 0.368 e. The van der Waals surface area contributed by atoms with Gasteiger partial charge in [-0.2, -0.15) is 5.26 Å². The lowest BCUT2D eigenvalue weighted by Gasteiger charge is -2.37. The standard InChI is InChI=1S/C25H25N3/c26-12-11-23-21-6-2-1-5-20(21)17-25(24-8-4-3-7-22(23)24)28-15-13-27(14-16-28)18-19-9-10-19/h1-8,11,17,19H,9-10,13-16,18H2/b23-11-. The predicted molar refractivity (Wildman–Crippen MR) is 114 cm³/mol. The molecule has 2 aliphatic carbocycles. The molecule has 0 amide bonds. The molecule has 1 saturated heterocycles. The van der Waals surface area contributed by atoms with Crippen LogP contribution >= 0.6 is 0 Å². The van der Waals surface area contributed by atoms with Crippen LogP contribution in [0.4, 0.5) is 0 Å². The van der Waals surface area contributed by atoms with E-state index in [4.69, 9.17) is 0 Å². The molecule has 0 N–H and O–H groups in total. The summed E-state index contributed by atoms with van der Waals surface area (Å²) in [5.41, 5.74) is 7.02. The van der Waals surface area contributed by atoms with Crippen molar-refractivity contribution in [1.82, 2.24) is 9.80 Å². The molecular formula is C25H25N3. The molecule has 0 aromatic heterocycles. The number of nitriles is 1. The SMILES string of the molecule is N#C/C=C1/c2ccccc2C=C(N2CCN(CC3CC3)CC2)c2ccccc21. The minimum atomic E-state index is 0.954. The summed E-state index contributed by atoms with van der Waals surface area (Å²) in [5, 5.41) is 9.42. The fourth-order valence-electron chi connectivity index (χ4n) is 4.50. The fraction of sp³-hybridized carbons (Fsp3) is 0.320. The monoisotopic (exact) mass is 367 g/mol. The van der Waals surface area contributed by atoms with Crippen LogP contribution in [0.5, 0.6) is 0 Å². The van der Waals surface area contributed by atoms with Gasteiger partial charge in [-0.25, -0.2) is 0 Å². The van der Waals surface area contributed by atoms with Crippen LogP contribution in [0.15, 0.2) is 54.6 Å². The first-order valence-electron chi connectivity index (χ1n) is 10.3. The fourth-order valence-corrected chi connectivity index (χ4v) is 4.50. The van der Waals surface area contributed by atoms with Gasteiger partial charge in [0.2, 0.25) is 0 Å². The zero-order chi connectivity index (χ0) is 18.9. The van der Waals surface area contributed by atoms with E-state index in [2.05, 4.69) is 70.5 Å². The van der Waals surface area contributed by atoms with E-state index in [0.717, 1.165) is 48.8 Å². The van der Waals surface area contributed by atoms with Crippen molar-refractivity contribution in [2.45, 2.75) is 12.8 Å². The molecule has 0 radical (unpaired) electrons. The van der Waals surface area contributed by atoms with Crippen LogP contribution in [0.1, 0.15) is 35.1 Å². The molecule has 1 aliphatic heterocycles. The second kappa shape index (κ2) is 7.30. The van der Waals surface area contributed by atoms with Gasteiger partial charge in [0.15, 0.2) is 0 Å². The average Bonchev–Trinajstić information content (AvgIpc) is 3.56. The molecule has 140 valence electrons. The molecule has 28 heavy (non-hydrogen) atoms. The number of allylic oxidation sites excluding steroid dienone is 1. The van der Waals surface area contributed by atoms with Gasteiger partial charge >= 0.3 is 0 Å². The highest BCUT2D eigenvalue weighted by Gasteiger charge is 2.28. The summed E-state index contributed by atoms with van der Waals surface area (Å²) in [5.74, 6) is 0.954. The number of fused-ring (bicyclic) bond motifs is 2. The van der Waals surface area contributed by atoms with E-state index in [9.17, 15) is 5.26 Å². The molecule has 0 atom stereocenters. The summed E-state index contributed by atoms with van der Waals surface area (Å²) in [6.07, 6.45) is 6.86. The van der Waals surface area contributed by atoms with Crippen LogP contribution in [-0.4, -0.2) is 42.5 Å². The Morgan fingerprint density at radius 1 is 0.893 bits per heavy atom. The number of hydrogen-bond acceptors (Lipinski definition) is 3. The van der Waals surface area contributed by atoms with Crippen molar-refractivity contribution in [3.8, 4) is 6.07 Å². The van der Waals surface area contributed by atoms with Gasteiger partial charge in [-0.05, 0) is 41.5 Å². The summed E-state index contributed by atoms with van der Waals surface area (Å²) >= 11 is 0. The van der Waals surface area contributed by atoms with Crippen molar-refractivity contribution in [2.24, 2.45) is 5.92 Å². The van der Waals surface area contributed by atoms with Crippen LogP contribution in [0.25, 0.3) is 17.3 Å². The molecule has 2 aromatic carbocycles. The molecule has 1 heterocycles. The lowest BCUT2D eigenvalue weighted by Crippen LogP contribution is -2.46.